The van der Waals surface area contributed by atoms with Crippen molar-refractivity contribution in [2.45, 2.75) is 30.2 Å². The maximum Gasteiger partial charge on any atom is 0.335 e. The molecule has 602 valence electrons. The minimum Gasteiger partial charge on any atom is -0.480 e. The zero-order chi connectivity index (χ0) is 87.5. The second-order valence-electron chi connectivity index (χ2n) is 22.6. The number of aliphatic carboxylic acids is 1. The number of nitro benzene ring substituents is 2. The number of hydrogen-bond acceptors (Lipinski definition) is 25. The minimum atomic E-state index is -1.18. The average molecular weight is 1830 g/mol. The van der Waals surface area contributed by atoms with Crippen LogP contribution in [0.25, 0.3) is 0 Å². The molecule has 2 radical (unpaired) electrons. The number of ketones is 1. The molecule has 0 unspecified atom stereocenters. The molecule has 33 nitrogen and oxygen atoms in total. The van der Waals surface area contributed by atoms with Crippen LogP contribution in [-0.4, -0.2) is 211 Å². The van der Waals surface area contributed by atoms with Crippen molar-refractivity contribution in [3.63, 3.8) is 0 Å². The topological polar surface area (TPSA) is 547 Å². The molecule has 117 heavy (non-hydrogen) atoms. The number of terminal acetylenes is 2. The summed E-state index contributed by atoms with van der Waals surface area (Å²) < 4.78 is 18.7. The number of ether oxygens (including phenoxy) is 3. The number of hydrogen-bond donors (Lipinski definition) is 14. The number of esters is 3. The van der Waals surface area contributed by atoms with Gasteiger partial charge < -0.3 is 87.8 Å². The number of carbonyl (C=O) groups is 10. The summed E-state index contributed by atoms with van der Waals surface area (Å²) in [6.45, 7) is -3.49. The van der Waals surface area contributed by atoms with Crippen molar-refractivity contribution in [3.8, 4) is 60.2 Å². The number of Topliss-reactive ketones (excluding diaryl/α,β-unsaturated/α-hetero) is 1. The molecule has 0 bridgehead atoms. The first-order valence-electron chi connectivity index (χ1n) is 33.7. The van der Waals surface area contributed by atoms with Crippen molar-refractivity contribution in [1.82, 2.24) is 21.3 Å². The molecule has 0 spiro atoms. The first-order chi connectivity index (χ1) is 55.9. The Balaban J connectivity index is 0.000000732. The summed E-state index contributed by atoms with van der Waals surface area (Å²) in [5.74, 6) is 15.3. The fraction of sp³-hybridized carbons (Fsp3) is 0.171. The van der Waals surface area contributed by atoms with E-state index in [9.17, 15) is 68.2 Å². The van der Waals surface area contributed by atoms with Gasteiger partial charge in [-0.05, 0) is 171 Å². The number of non-ortho nitro benzene ring substituents is 2. The first-order valence-corrected chi connectivity index (χ1v) is 33.2. The van der Waals surface area contributed by atoms with E-state index < -0.39 is 139 Å². The van der Waals surface area contributed by atoms with Crippen molar-refractivity contribution >= 4 is 84.7 Å². The fourth-order valence-corrected chi connectivity index (χ4v) is 8.22. The van der Waals surface area contributed by atoms with Gasteiger partial charge in [-0.25, -0.2) is 19.2 Å². The molecule has 16 N–H and O–H groups in total. The molecule has 8 aromatic carbocycles. The predicted octanol–water partition coefficient (Wildman–Crippen LogP) is 1.88. The summed E-state index contributed by atoms with van der Waals surface area (Å²) in [4.78, 5) is 134. The predicted molar refractivity (Wildman–Crippen MR) is 421 cm³/mol. The third-order valence-corrected chi connectivity index (χ3v) is 14.6. The summed E-state index contributed by atoms with van der Waals surface area (Å²) in [5.41, 5.74) is 17.9. The zero-order valence-corrected chi connectivity index (χ0v) is 66.6. The number of nitrogens with one attached hydrogen (secondary N) is 4. The number of anilines is 1. The quantitative estimate of drug-likeness (QED) is 0.00876. The van der Waals surface area contributed by atoms with Crippen LogP contribution < -0.4 is 32.7 Å². The van der Waals surface area contributed by atoms with E-state index >= 15 is 0 Å². The molecular formula is C82H77BN8O25U. The van der Waals surface area contributed by atoms with Gasteiger partial charge in [0.05, 0.1) is 69.8 Å². The molecule has 0 fully saturated rings. The molecule has 0 aromatic heterocycles. The van der Waals surface area contributed by atoms with Gasteiger partial charge in [0.15, 0.2) is 23.9 Å². The Morgan fingerprint density at radius 2 is 0.624 bits per heavy atom. The van der Waals surface area contributed by atoms with Crippen molar-refractivity contribution in [2.24, 2.45) is 5.73 Å². The number of rotatable bonds is 22. The van der Waals surface area contributed by atoms with Crippen LogP contribution in [-0.2, 0) is 38.2 Å². The molecule has 0 saturated heterocycles. The Kier molecular flexibility index (Phi) is 46.1. The van der Waals surface area contributed by atoms with Crippen LogP contribution >= 0.6 is 0 Å². The third kappa shape index (κ3) is 36.5. The second kappa shape index (κ2) is 54.6. The van der Waals surface area contributed by atoms with Gasteiger partial charge in [-0.3, -0.25) is 49.0 Å². The molecule has 0 heterocycles. The van der Waals surface area contributed by atoms with Gasteiger partial charge in [0, 0.05) is 136 Å². The Bertz CT molecular complexity index is 4810. The normalized spacial score (nSPS) is 10.8. The maximum absolute atomic E-state index is 12.1. The number of benzene rings is 8. The number of aliphatic hydroxyl groups is 6. The molecule has 0 aliphatic heterocycles. The summed E-state index contributed by atoms with van der Waals surface area (Å²) in [5, 5.41) is 100. The van der Waals surface area contributed by atoms with Crippen LogP contribution in [0.2, 0.25) is 0 Å². The van der Waals surface area contributed by atoms with E-state index in [4.69, 9.17) is 66.5 Å². The number of carboxylic acids is 2. The van der Waals surface area contributed by atoms with E-state index in [-0.39, 0.29) is 48.1 Å². The largest absolute Gasteiger partial charge is 0.480 e. The smallest absolute Gasteiger partial charge is 0.335 e. The van der Waals surface area contributed by atoms with Gasteiger partial charge in [-0.15, -0.1) is 12.8 Å². The van der Waals surface area contributed by atoms with E-state index in [1.165, 1.54) is 79.9 Å². The van der Waals surface area contributed by atoms with E-state index in [1.807, 2.05) is 12.1 Å². The monoisotopic (exact) mass is 1820 g/mol. The van der Waals surface area contributed by atoms with E-state index in [2.05, 4.69) is 91.2 Å². The Morgan fingerprint density at radius 3 is 0.812 bits per heavy atom. The average Bonchev–Trinajstić information content (AvgIpc) is 0.869. The van der Waals surface area contributed by atoms with Gasteiger partial charge in [0.2, 0.25) is 0 Å². The summed E-state index contributed by atoms with van der Waals surface area (Å²) in [6.07, 6.45) is 10.3. The SMILES string of the molecule is C#Cc1ccc(C(=O)N[C@@H](CO)C(=O)OC)cc1.C#Cc1ccc(C(=O)O)cc1.COC(=O)[C@H](CO)NC(=O)c1ccc(C#Cc2ccc([N+](=O)[O-])cc2)cc1.COC(=O)[C@H](CO)NC(=O)c1ccc(C#Cc2ccc([N+](=O)[O-])cc2)cc1.N[C@@H](CO)C(=O)O.Nc1ccc(C#Cc2ccc(C(=O)N[C@@H](CO)C(=O)CO)cc2)cc1.[3H][B].[U]. The number of aromatic carboxylic acids is 1. The van der Waals surface area contributed by atoms with Gasteiger partial charge in [-0.2, -0.15) is 0 Å². The molecule has 0 saturated carbocycles. The van der Waals surface area contributed by atoms with Gasteiger partial charge in [-0.1, -0.05) is 47.4 Å². The molecule has 0 aliphatic carbocycles. The number of methoxy groups -OCH3 is 3. The molecule has 8 rings (SSSR count). The van der Waals surface area contributed by atoms with Crippen LogP contribution in [0.3, 0.4) is 0 Å². The minimum absolute atomic E-state index is 0. The number of nitro groups is 2. The Labute approximate surface area is 696 Å². The molecule has 0 aliphatic rings. The van der Waals surface area contributed by atoms with Gasteiger partial charge in [0.1, 0.15) is 18.7 Å². The number of nitrogens with two attached hydrogens (primary N) is 2. The van der Waals surface area contributed by atoms with Crippen molar-refractivity contribution < 1.29 is 144 Å². The number of carbonyl (C=O) groups excluding carboxylic acids is 8. The standard InChI is InChI=1S/2C19H16N2O6.C19H18N2O4.C13H13NO4.C9H6O2.C3H7NO3.BH.U/c2*1-27-19(24)17(12-22)20-18(23)15-8-4-13(5-9-15)2-3-14-6-10-16(11-7-14)21(25)26;20-16-9-5-14(6-10-16)2-1-13-3-7-15(8-4-13)19(25)21-17(11-22)18(24)12-23;1-3-9-4-6-10(7-5-9)12(16)14-11(8-15)13(17)18-2;1-2-7-3-5-8(6-4-7)9(10)11;4-2(1-5)3(6)7;;/h2*4-11,17,22H,12H2,1H3,(H,20,23);3-10,17,22-23H,11-12,20H2,(H,21,25);1,4-7,11,15H,8H2,2H3,(H,14,16);1,3-6H,(H,10,11);2,5H,1,4H2,(H,6,7);1H;/t3*17-;11-;;2-;;/m0000.0../s1/i;;;;;;1T;. The van der Waals surface area contributed by atoms with Gasteiger partial charge in [0.25, 0.3) is 35.0 Å². The van der Waals surface area contributed by atoms with Crippen molar-refractivity contribution in [2.75, 3.05) is 66.7 Å². The molecule has 35 heteroatoms. The fourth-order valence-electron chi connectivity index (χ4n) is 8.22. The van der Waals surface area contributed by atoms with Gasteiger partial charge >= 0.3 is 29.8 Å². The summed E-state index contributed by atoms with van der Waals surface area (Å²) in [7, 11) is 7.25. The van der Waals surface area contributed by atoms with Crippen molar-refractivity contribution in [3.05, 3.63) is 287 Å². The number of nitrogen functional groups attached to an aromatic ring is 1. The van der Waals surface area contributed by atoms with E-state index in [1.54, 1.807) is 109 Å². The van der Waals surface area contributed by atoms with Crippen LogP contribution in [0, 0.1) is 112 Å². The van der Waals surface area contributed by atoms with Crippen LogP contribution in [0.5, 0.6) is 0 Å². The van der Waals surface area contributed by atoms with Crippen molar-refractivity contribution in [1.29, 1.82) is 1.34 Å². The molecule has 8 aromatic rings. The first kappa shape index (κ1) is 99.0. The number of amides is 4. The number of nitrogens with zero attached hydrogens (tertiary/aromatic N) is 2. The molecule has 5 atom stereocenters. The third-order valence-electron chi connectivity index (χ3n) is 14.6. The van der Waals surface area contributed by atoms with E-state index in [0.29, 0.717) is 61.3 Å². The van der Waals surface area contributed by atoms with Crippen LogP contribution in [0.4, 0.5) is 17.1 Å². The summed E-state index contributed by atoms with van der Waals surface area (Å²) in [6, 6.07) is 44.8. The number of carboxylic acid groups (broad SMARTS) is 2. The Hall–Kier alpha value is -14.1. The van der Waals surface area contributed by atoms with Crippen LogP contribution in [0.15, 0.2) is 194 Å². The van der Waals surface area contributed by atoms with E-state index in [0.717, 1.165) is 25.3 Å². The maximum atomic E-state index is 12.1. The molecule has 4 amide bonds. The Morgan fingerprint density at radius 1 is 0.402 bits per heavy atom. The molecular weight excluding hydrogens is 1750 g/mol. The summed E-state index contributed by atoms with van der Waals surface area (Å²) >= 11 is 0. The number of aliphatic hydroxyl groups excluding tert-OH is 6. The van der Waals surface area contributed by atoms with Crippen LogP contribution in [0.1, 0.15) is 96.3 Å². The zero-order valence-electron chi connectivity index (χ0n) is 63.4. The second-order valence-corrected chi connectivity index (χ2v) is 22.6.